The SMILES string of the molecule is CN=C(NCC1(N2CCCCC2)CCN(C)CC1)N(C)Cc1csc(C(C)OC)n1. The Labute approximate surface area is 186 Å². The topological polar surface area (TPSA) is 56.2 Å². The first-order chi connectivity index (χ1) is 14.5. The van der Waals surface area contributed by atoms with Crippen molar-refractivity contribution in [3.05, 3.63) is 16.1 Å². The molecule has 0 aromatic carbocycles. The van der Waals surface area contributed by atoms with Crippen molar-refractivity contribution in [2.45, 2.75) is 57.2 Å². The Morgan fingerprint density at radius 1 is 1.30 bits per heavy atom. The number of nitrogens with one attached hydrogen (secondary N) is 1. The lowest BCUT2D eigenvalue weighted by molar-refractivity contribution is 0.0170. The molecule has 0 aliphatic carbocycles. The maximum atomic E-state index is 5.40. The highest BCUT2D eigenvalue weighted by atomic mass is 32.1. The lowest BCUT2D eigenvalue weighted by atomic mass is 9.84. The van der Waals surface area contributed by atoms with Gasteiger partial charge in [-0.15, -0.1) is 11.3 Å². The molecular weight excluding hydrogens is 396 g/mol. The lowest BCUT2D eigenvalue weighted by Crippen LogP contribution is -2.62. The van der Waals surface area contributed by atoms with Gasteiger partial charge in [-0.1, -0.05) is 6.42 Å². The van der Waals surface area contributed by atoms with Gasteiger partial charge in [0.15, 0.2) is 5.96 Å². The Morgan fingerprint density at radius 2 is 2.00 bits per heavy atom. The van der Waals surface area contributed by atoms with E-state index < -0.39 is 0 Å². The summed E-state index contributed by atoms with van der Waals surface area (Å²) in [6.07, 6.45) is 6.53. The van der Waals surface area contributed by atoms with Crippen molar-refractivity contribution in [1.82, 2.24) is 25.0 Å². The summed E-state index contributed by atoms with van der Waals surface area (Å²) >= 11 is 1.66. The molecule has 1 N–H and O–H groups in total. The predicted octanol–water partition coefficient (Wildman–Crippen LogP) is 2.81. The van der Waals surface area contributed by atoms with Gasteiger partial charge >= 0.3 is 0 Å². The van der Waals surface area contributed by atoms with E-state index in [9.17, 15) is 0 Å². The largest absolute Gasteiger partial charge is 0.375 e. The van der Waals surface area contributed by atoms with Crippen LogP contribution in [-0.4, -0.2) is 92.2 Å². The van der Waals surface area contributed by atoms with Crippen molar-refractivity contribution < 1.29 is 4.74 Å². The Kier molecular flexibility index (Phi) is 8.51. The molecule has 1 unspecified atom stereocenters. The number of rotatable bonds is 7. The Bertz CT molecular complexity index is 679. The first kappa shape index (κ1) is 23.4. The van der Waals surface area contributed by atoms with Gasteiger partial charge < -0.3 is 19.9 Å². The number of methoxy groups -OCH3 is 1. The molecule has 0 saturated carbocycles. The number of hydrogen-bond donors (Lipinski definition) is 1. The van der Waals surface area contributed by atoms with Crippen LogP contribution in [-0.2, 0) is 11.3 Å². The maximum Gasteiger partial charge on any atom is 0.193 e. The predicted molar refractivity (Wildman–Crippen MR) is 125 cm³/mol. The number of aliphatic imine (C=N–C) groups is 1. The van der Waals surface area contributed by atoms with Crippen molar-refractivity contribution in [1.29, 1.82) is 0 Å². The number of hydrogen-bond acceptors (Lipinski definition) is 6. The highest BCUT2D eigenvalue weighted by Crippen LogP contribution is 2.31. The van der Waals surface area contributed by atoms with Gasteiger partial charge in [-0.05, 0) is 65.8 Å². The third-order valence-electron chi connectivity index (χ3n) is 6.76. The zero-order valence-electron chi connectivity index (χ0n) is 19.5. The third kappa shape index (κ3) is 5.72. The standard InChI is InChI=1S/C22H40N6OS/c1-18(29-5)20-25-19(16-30-20)15-27(4)21(23-2)24-17-22(9-13-26(3)14-10-22)28-11-7-6-8-12-28/h16,18H,6-15,17H2,1-5H3,(H,23,24). The number of nitrogens with zero attached hydrogens (tertiary/aromatic N) is 5. The molecule has 1 aromatic heterocycles. The van der Waals surface area contributed by atoms with Gasteiger partial charge in [0.2, 0.25) is 0 Å². The summed E-state index contributed by atoms with van der Waals surface area (Å²) < 4.78 is 5.40. The summed E-state index contributed by atoms with van der Waals surface area (Å²) in [6.45, 7) is 8.55. The zero-order chi connectivity index (χ0) is 21.6. The van der Waals surface area contributed by atoms with E-state index in [-0.39, 0.29) is 11.6 Å². The molecule has 1 atom stereocenters. The van der Waals surface area contributed by atoms with E-state index >= 15 is 0 Å². The highest BCUT2D eigenvalue weighted by molar-refractivity contribution is 7.09. The number of likely N-dealkylation sites (tertiary alicyclic amines) is 2. The molecule has 1 aromatic rings. The van der Waals surface area contributed by atoms with Crippen LogP contribution in [0, 0.1) is 0 Å². The monoisotopic (exact) mass is 436 g/mol. The molecule has 3 rings (SSSR count). The lowest BCUT2D eigenvalue weighted by Gasteiger charge is -2.50. The molecule has 2 saturated heterocycles. The molecule has 2 aliphatic rings. The Balaban J connectivity index is 1.62. The Hall–Kier alpha value is -1.22. The van der Waals surface area contributed by atoms with Crippen molar-refractivity contribution in [3.8, 4) is 0 Å². The minimum absolute atomic E-state index is 0.0420. The molecule has 30 heavy (non-hydrogen) atoms. The van der Waals surface area contributed by atoms with Crippen molar-refractivity contribution in [3.63, 3.8) is 0 Å². The van der Waals surface area contributed by atoms with Gasteiger partial charge in [-0.25, -0.2) is 4.98 Å². The summed E-state index contributed by atoms with van der Waals surface area (Å²) in [6, 6.07) is 0. The maximum absolute atomic E-state index is 5.40. The first-order valence-electron chi connectivity index (χ1n) is 11.3. The van der Waals surface area contributed by atoms with Crippen molar-refractivity contribution in [2.24, 2.45) is 4.99 Å². The second kappa shape index (κ2) is 10.9. The number of ether oxygens (including phenoxy) is 1. The number of piperidine rings is 2. The smallest absolute Gasteiger partial charge is 0.193 e. The van der Waals surface area contributed by atoms with Gasteiger partial charge in [-0.2, -0.15) is 0 Å². The van der Waals surface area contributed by atoms with Crippen LogP contribution in [0.2, 0.25) is 0 Å². The van der Waals surface area contributed by atoms with Gasteiger partial charge in [0.1, 0.15) is 11.1 Å². The fourth-order valence-corrected chi connectivity index (χ4v) is 5.48. The number of aromatic nitrogens is 1. The van der Waals surface area contributed by atoms with Crippen molar-refractivity contribution in [2.75, 3.05) is 61.0 Å². The summed E-state index contributed by atoms with van der Waals surface area (Å²) in [5, 5.41) is 6.87. The quantitative estimate of drug-likeness (QED) is 0.524. The van der Waals surface area contributed by atoms with Crippen LogP contribution < -0.4 is 5.32 Å². The van der Waals surface area contributed by atoms with Gasteiger partial charge in [-0.3, -0.25) is 9.89 Å². The van der Waals surface area contributed by atoms with E-state index in [1.165, 1.54) is 58.3 Å². The van der Waals surface area contributed by atoms with Crippen LogP contribution in [0.25, 0.3) is 0 Å². The number of guanidine groups is 1. The van der Waals surface area contributed by atoms with E-state index in [1.54, 1.807) is 18.4 Å². The fraction of sp³-hybridized carbons (Fsp3) is 0.818. The van der Waals surface area contributed by atoms with Crippen LogP contribution >= 0.6 is 11.3 Å². The fourth-order valence-electron chi connectivity index (χ4n) is 4.64. The van der Waals surface area contributed by atoms with Crippen LogP contribution in [0.1, 0.15) is 55.8 Å². The Morgan fingerprint density at radius 3 is 2.63 bits per heavy atom. The first-order valence-corrected chi connectivity index (χ1v) is 12.2. The normalized spacial score (nSPS) is 22.1. The van der Waals surface area contributed by atoms with Crippen LogP contribution in [0.15, 0.2) is 10.4 Å². The minimum atomic E-state index is 0.0420. The van der Waals surface area contributed by atoms with E-state index in [0.29, 0.717) is 0 Å². The summed E-state index contributed by atoms with van der Waals surface area (Å²) in [4.78, 5) is 16.7. The second-order valence-electron chi connectivity index (χ2n) is 8.89. The highest BCUT2D eigenvalue weighted by Gasteiger charge is 2.39. The molecule has 8 heteroatoms. The van der Waals surface area contributed by atoms with E-state index in [0.717, 1.165) is 29.8 Å². The summed E-state index contributed by atoms with van der Waals surface area (Å²) in [5.74, 6) is 0.944. The van der Waals surface area contributed by atoms with Gasteiger partial charge in [0, 0.05) is 38.7 Å². The zero-order valence-corrected chi connectivity index (χ0v) is 20.3. The van der Waals surface area contributed by atoms with Gasteiger partial charge in [0.05, 0.1) is 12.2 Å². The van der Waals surface area contributed by atoms with Crippen LogP contribution in [0.3, 0.4) is 0 Å². The average Bonchev–Trinajstić information content (AvgIpc) is 3.24. The third-order valence-corrected chi connectivity index (χ3v) is 7.82. The molecule has 7 nitrogen and oxygen atoms in total. The molecule has 2 fully saturated rings. The molecule has 0 amide bonds. The van der Waals surface area contributed by atoms with E-state index in [4.69, 9.17) is 9.72 Å². The summed E-state index contributed by atoms with van der Waals surface area (Å²) in [7, 11) is 7.94. The number of thiazole rings is 1. The molecule has 3 heterocycles. The van der Waals surface area contributed by atoms with Crippen molar-refractivity contribution >= 4 is 17.3 Å². The van der Waals surface area contributed by atoms with Crippen LogP contribution in [0.4, 0.5) is 0 Å². The second-order valence-corrected chi connectivity index (χ2v) is 9.78. The molecule has 0 radical (unpaired) electrons. The molecular formula is C22H40N6OS. The van der Waals surface area contributed by atoms with E-state index in [2.05, 4.69) is 44.5 Å². The average molecular weight is 437 g/mol. The minimum Gasteiger partial charge on any atom is -0.375 e. The van der Waals surface area contributed by atoms with Crippen LogP contribution in [0.5, 0.6) is 0 Å². The van der Waals surface area contributed by atoms with Gasteiger partial charge in [0.25, 0.3) is 0 Å². The summed E-state index contributed by atoms with van der Waals surface area (Å²) in [5.41, 5.74) is 1.31. The molecule has 0 spiro atoms. The molecule has 2 aliphatic heterocycles. The molecule has 170 valence electrons. The molecule has 0 bridgehead atoms. The van der Waals surface area contributed by atoms with E-state index in [1.807, 2.05) is 14.0 Å².